The zero-order valence-electron chi connectivity index (χ0n) is 9.18. The molecule has 0 spiro atoms. The van der Waals surface area contributed by atoms with Crippen molar-refractivity contribution in [1.29, 1.82) is 0 Å². The Balaban J connectivity index is 2.27. The summed E-state index contributed by atoms with van der Waals surface area (Å²) in [7, 11) is 1.60. The Morgan fingerprint density at radius 1 is 1.38 bits per heavy atom. The van der Waals surface area contributed by atoms with Crippen molar-refractivity contribution in [2.75, 3.05) is 7.11 Å². The third-order valence-electron chi connectivity index (χ3n) is 2.77. The number of rotatable bonds is 3. The Bertz CT molecular complexity index is 422. The smallest absolute Gasteiger partial charge is 0.0636 e. The van der Waals surface area contributed by atoms with Gasteiger partial charge in [0.25, 0.3) is 0 Å². The number of benzene rings is 1. The van der Waals surface area contributed by atoms with Crippen molar-refractivity contribution >= 4 is 23.2 Å². The number of hydrogen-bond donors (Lipinski definition) is 1. The number of hydrogen-bond acceptors (Lipinski definition) is 2. The molecule has 1 aliphatic carbocycles. The van der Waals surface area contributed by atoms with E-state index < -0.39 is 0 Å². The van der Waals surface area contributed by atoms with Gasteiger partial charge < -0.3 is 0 Å². The van der Waals surface area contributed by atoms with Crippen molar-refractivity contribution in [3.8, 4) is 0 Å². The summed E-state index contributed by atoms with van der Waals surface area (Å²) in [6.07, 6.45) is 0.992. The fraction of sp³-hybridized carbons (Fsp3) is 0.333. The first-order chi connectivity index (χ1) is 7.65. The third kappa shape index (κ3) is 2.19. The topological polar surface area (TPSA) is 21.3 Å². The van der Waals surface area contributed by atoms with Gasteiger partial charge in [0.05, 0.1) is 7.11 Å². The number of hydroxylamine groups is 1. The lowest BCUT2D eigenvalue weighted by Crippen LogP contribution is -2.08. The normalized spacial score (nSPS) is 21.9. The molecule has 1 aromatic rings. The molecule has 0 radical (unpaired) electrons. The molecule has 2 rings (SSSR count). The summed E-state index contributed by atoms with van der Waals surface area (Å²) < 4.78 is 0. The first-order valence-corrected chi connectivity index (χ1v) is 5.83. The van der Waals surface area contributed by atoms with E-state index in [1.54, 1.807) is 7.11 Å². The molecule has 16 heavy (non-hydrogen) atoms. The molecular weight excluding hydrogens is 245 g/mol. The number of allylic oxidation sites excluding steroid dienone is 2. The van der Waals surface area contributed by atoms with Crippen molar-refractivity contribution in [3.05, 3.63) is 45.1 Å². The molecule has 1 atom stereocenters. The highest BCUT2D eigenvalue weighted by Gasteiger charge is 2.36. The van der Waals surface area contributed by atoms with Crippen molar-refractivity contribution in [3.63, 3.8) is 0 Å². The van der Waals surface area contributed by atoms with Crippen LogP contribution in [0.15, 0.2) is 29.5 Å². The minimum absolute atomic E-state index is 0.337. The first kappa shape index (κ1) is 11.8. The van der Waals surface area contributed by atoms with E-state index in [-0.39, 0.29) is 0 Å². The van der Waals surface area contributed by atoms with Gasteiger partial charge in [0.15, 0.2) is 0 Å². The van der Waals surface area contributed by atoms with Crippen LogP contribution in [0.5, 0.6) is 0 Å². The highest BCUT2D eigenvalue weighted by molar-refractivity contribution is 6.36. The van der Waals surface area contributed by atoms with Crippen LogP contribution in [-0.4, -0.2) is 7.11 Å². The molecule has 1 fully saturated rings. The quantitative estimate of drug-likeness (QED) is 0.830. The van der Waals surface area contributed by atoms with E-state index in [1.807, 2.05) is 25.1 Å². The second-order valence-electron chi connectivity index (χ2n) is 3.85. The molecule has 0 bridgehead atoms. The van der Waals surface area contributed by atoms with Gasteiger partial charge in [0.1, 0.15) is 0 Å². The lowest BCUT2D eigenvalue weighted by Gasteiger charge is -2.05. The predicted octanol–water partition coefficient (Wildman–Crippen LogP) is 3.91. The summed E-state index contributed by atoms with van der Waals surface area (Å²) in [5.74, 6) is 0.337. The largest absolute Gasteiger partial charge is 0.280 e. The molecule has 0 aromatic heterocycles. The summed E-state index contributed by atoms with van der Waals surface area (Å²) in [5.41, 5.74) is 6.21. The van der Waals surface area contributed by atoms with E-state index in [4.69, 9.17) is 28.0 Å². The van der Waals surface area contributed by atoms with E-state index in [0.717, 1.165) is 27.7 Å². The Hall–Kier alpha value is -0.700. The molecule has 2 nitrogen and oxygen atoms in total. The zero-order chi connectivity index (χ0) is 11.7. The average Bonchev–Trinajstić information content (AvgIpc) is 2.98. The molecule has 0 saturated heterocycles. The molecule has 1 aliphatic rings. The SMILES string of the molecule is CONC(C)=C1CC1c1c(Cl)cccc1Cl. The summed E-state index contributed by atoms with van der Waals surface area (Å²) in [4.78, 5) is 4.88. The van der Waals surface area contributed by atoms with Crippen LogP contribution in [0.2, 0.25) is 10.0 Å². The maximum atomic E-state index is 6.15. The summed E-state index contributed by atoms with van der Waals surface area (Å²) in [5, 5.41) is 1.47. The molecular formula is C12H13Cl2NO. The maximum absolute atomic E-state index is 6.15. The van der Waals surface area contributed by atoms with Crippen LogP contribution >= 0.6 is 23.2 Å². The second kappa shape index (κ2) is 4.66. The average molecular weight is 258 g/mol. The molecule has 0 heterocycles. The molecule has 86 valence electrons. The van der Waals surface area contributed by atoms with Gasteiger partial charge in [-0.15, -0.1) is 0 Å². The molecule has 1 saturated carbocycles. The van der Waals surface area contributed by atoms with Crippen molar-refractivity contribution in [2.45, 2.75) is 19.3 Å². The Morgan fingerprint density at radius 2 is 2.00 bits per heavy atom. The van der Waals surface area contributed by atoms with Crippen LogP contribution in [0.4, 0.5) is 0 Å². The van der Waals surface area contributed by atoms with Crippen LogP contribution in [0.3, 0.4) is 0 Å². The molecule has 1 aromatic carbocycles. The summed E-state index contributed by atoms with van der Waals surface area (Å²) in [6.45, 7) is 1.99. The Labute approximate surface area is 105 Å². The van der Waals surface area contributed by atoms with Gasteiger partial charge in [-0.05, 0) is 36.6 Å². The van der Waals surface area contributed by atoms with Gasteiger partial charge in [-0.1, -0.05) is 29.3 Å². The van der Waals surface area contributed by atoms with Crippen LogP contribution in [0.1, 0.15) is 24.8 Å². The molecule has 0 aliphatic heterocycles. The molecule has 4 heteroatoms. The number of nitrogens with one attached hydrogen (secondary N) is 1. The number of halogens is 2. The maximum Gasteiger partial charge on any atom is 0.0636 e. The second-order valence-corrected chi connectivity index (χ2v) is 4.66. The first-order valence-electron chi connectivity index (χ1n) is 5.07. The Morgan fingerprint density at radius 3 is 2.56 bits per heavy atom. The molecule has 1 N–H and O–H groups in total. The van der Waals surface area contributed by atoms with Gasteiger partial charge in [-0.2, -0.15) is 0 Å². The lowest BCUT2D eigenvalue weighted by atomic mass is 10.1. The van der Waals surface area contributed by atoms with E-state index in [0.29, 0.717) is 5.92 Å². The standard InChI is InChI=1S/C12H13Cl2NO/c1-7(15-16-2)8-6-9(8)12-10(13)4-3-5-11(12)14/h3-5,9,15H,6H2,1-2H3. The lowest BCUT2D eigenvalue weighted by molar-refractivity contribution is 0.117. The van der Waals surface area contributed by atoms with Gasteiger partial charge in [0, 0.05) is 21.7 Å². The van der Waals surface area contributed by atoms with Gasteiger partial charge in [-0.25, -0.2) is 0 Å². The highest BCUT2D eigenvalue weighted by Crippen LogP contribution is 2.52. The monoisotopic (exact) mass is 257 g/mol. The van der Waals surface area contributed by atoms with E-state index >= 15 is 0 Å². The van der Waals surface area contributed by atoms with Gasteiger partial charge >= 0.3 is 0 Å². The van der Waals surface area contributed by atoms with Gasteiger partial charge in [-0.3, -0.25) is 10.3 Å². The minimum atomic E-state index is 0.337. The van der Waals surface area contributed by atoms with Crippen molar-refractivity contribution in [2.24, 2.45) is 0 Å². The minimum Gasteiger partial charge on any atom is -0.280 e. The fourth-order valence-electron chi connectivity index (χ4n) is 1.91. The van der Waals surface area contributed by atoms with Crippen LogP contribution < -0.4 is 5.48 Å². The van der Waals surface area contributed by atoms with Crippen molar-refractivity contribution in [1.82, 2.24) is 5.48 Å². The third-order valence-corrected chi connectivity index (χ3v) is 3.43. The fourth-order valence-corrected chi connectivity index (χ4v) is 2.57. The summed E-state index contributed by atoms with van der Waals surface area (Å²) in [6, 6.07) is 5.61. The van der Waals surface area contributed by atoms with Gasteiger partial charge in [0.2, 0.25) is 0 Å². The van der Waals surface area contributed by atoms with Crippen molar-refractivity contribution < 1.29 is 4.84 Å². The zero-order valence-corrected chi connectivity index (χ0v) is 10.7. The van der Waals surface area contributed by atoms with E-state index in [1.165, 1.54) is 5.57 Å². The Kier molecular flexibility index (Phi) is 3.43. The van der Waals surface area contributed by atoms with E-state index in [9.17, 15) is 0 Å². The summed E-state index contributed by atoms with van der Waals surface area (Å²) >= 11 is 12.3. The van der Waals surface area contributed by atoms with Crippen LogP contribution in [0.25, 0.3) is 0 Å². The van der Waals surface area contributed by atoms with Crippen LogP contribution in [-0.2, 0) is 4.84 Å². The predicted molar refractivity (Wildman–Crippen MR) is 66.7 cm³/mol. The van der Waals surface area contributed by atoms with E-state index in [2.05, 4.69) is 5.48 Å². The molecule has 1 unspecified atom stereocenters. The molecule has 0 amide bonds. The van der Waals surface area contributed by atoms with Crippen LogP contribution in [0, 0.1) is 0 Å². The highest BCUT2D eigenvalue weighted by atomic mass is 35.5.